The van der Waals surface area contributed by atoms with E-state index in [2.05, 4.69) is 37.7 Å². The number of ether oxygens (including phenoxy) is 1. The fourth-order valence-corrected chi connectivity index (χ4v) is 1.86. The normalized spacial score (nSPS) is 17.1. The summed E-state index contributed by atoms with van der Waals surface area (Å²) < 4.78 is 5.26. The van der Waals surface area contributed by atoms with Crippen LogP contribution in [0.5, 0.6) is 0 Å². The second kappa shape index (κ2) is 9.58. The number of aliphatic imine (C=N–C) groups is 1. The Labute approximate surface area is 134 Å². The minimum Gasteiger partial charge on any atom is -0.380 e. The van der Waals surface area contributed by atoms with E-state index in [-0.39, 0.29) is 29.4 Å². The molecule has 1 aliphatic heterocycles. The molecule has 0 bridgehead atoms. The predicted octanol–water partition coefficient (Wildman–Crippen LogP) is 2.50. The van der Waals surface area contributed by atoms with Crippen molar-refractivity contribution in [1.29, 1.82) is 0 Å². The Morgan fingerprint density at radius 3 is 2.68 bits per heavy atom. The number of halogens is 1. The molecule has 0 spiro atoms. The first-order chi connectivity index (χ1) is 8.61. The maximum absolute atomic E-state index is 5.26. The zero-order valence-electron chi connectivity index (χ0n) is 12.4. The molecule has 112 valence electrons. The van der Waals surface area contributed by atoms with Gasteiger partial charge in [0.25, 0.3) is 0 Å². The van der Waals surface area contributed by atoms with Crippen molar-refractivity contribution in [3.8, 4) is 0 Å². The van der Waals surface area contributed by atoms with Crippen LogP contribution in [0.4, 0.5) is 0 Å². The average Bonchev–Trinajstić information content (AvgIpc) is 2.32. The summed E-state index contributed by atoms with van der Waals surface area (Å²) in [4.78, 5) is 6.90. The Kier molecular flexibility index (Phi) is 9.43. The molecule has 0 saturated carbocycles. The Hall–Kier alpha value is -0.300. The van der Waals surface area contributed by atoms with Gasteiger partial charge < -0.3 is 15.0 Å². The highest BCUT2D eigenvalue weighted by Crippen LogP contribution is 2.26. The molecule has 1 rings (SSSR count). The molecular formula is C14H28IN3O. The molecular weight excluding hydrogens is 353 g/mol. The van der Waals surface area contributed by atoms with Gasteiger partial charge in [0.15, 0.2) is 5.96 Å². The summed E-state index contributed by atoms with van der Waals surface area (Å²) in [6.45, 7) is 12.5. The first-order valence-electron chi connectivity index (χ1n) is 6.79. The van der Waals surface area contributed by atoms with Crippen molar-refractivity contribution in [3.05, 3.63) is 12.7 Å². The molecule has 0 aliphatic carbocycles. The summed E-state index contributed by atoms with van der Waals surface area (Å²) in [5.41, 5.74) is 0.239. The van der Waals surface area contributed by atoms with Gasteiger partial charge in [-0.3, -0.25) is 4.99 Å². The summed E-state index contributed by atoms with van der Waals surface area (Å²) >= 11 is 0. The number of rotatable bonds is 7. The van der Waals surface area contributed by atoms with Crippen molar-refractivity contribution in [2.45, 2.75) is 26.7 Å². The van der Waals surface area contributed by atoms with Crippen LogP contribution < -0.4 is 5.32 Å². The molecule has 1 saturated heterocycles. The standard InChI is InChI=1S/C14H27N3O.HI/c1-5-7-8-9-17(4)13(15-6-2)16-10-14(3)11-18-12-14;/h5H,1,6-12H2,2-4H3,(H,15,16);1H. The molecule has 0 unspecified atom stereocenters. The van der Waals surface area contributed by atoms with E-state index < -0.39 is 0 Å². The topological polar surface area (TPSA) is 36.9 Å². The quantitative estimate of drug-likeness (QED) is 0.242. The Balaban J connectivity index is 0.00000324. The van der Waals surface area contributed by atoms with Crippen LogP contribution in [0.25, 0.3) is 0 Å². The molecule has 1 N–H and O–H groups in total. The van der Waals surface area contributed by atoms with Gasteiger partial charge in [0.05, 0.1) is 19.8 Å². The number of hydrogen-bond acceptors (Lipinski definition) is 2. The highest BCUT2D eigenvalue weighted by atomic mass is 127. The zero-order chi connectivity index (χ0) is 13.4. The lowest BCUT2D eigenvalue weighted by atomic mass is 9.89. The highest BCUT2D eigenvalue weighted by molar-refractivity contribution is 14.0. The van der Waals surface area contributed by atoms with E-state index in [0.717, 1.165) is 51.6 Å². The summed E-state index contributed by atoms with van der Waals surface area (Å²) in [6.07, 6.45) is 4.13. The molecule has 4 nitrogen and oxygen atoms in total. The van der Waals surface area contributed by atoms with E-state index in [1.165, 1.54) is 0 Å². The van der Waals surface area contributed by atoms with E-state index in [9.17, 15) is 0 Å². The van der Waals surface area contributed by atoms with Crippen molar-refractivity contribution < 1.29 is 4.74 Å². The molecule has 0 amide bonds. The van der Waals surface area contributed by atoms with Gasteiger partial charge in [0, 0.05) is 25.6 Å². The van der Waals surface area contributed by atoms with Crippen LogP contribution in [-0.4, -0.2) is 50.8 Å². The molecule has 0 aromatic carbocycles. The Morgan fingerprint density at radius 2 is 2.21 bits per heavy atom. The van der Waals surface area contributed by atoms with Crippen molar-refractivity contribution in [3.63, 3.8) is 0 Å². The van der Waals surface area contributed by atoms with E-state index in [4.69, 9.17) is 9.73 Å². The molecule has 1 heterocycles. The lowest BCUT2D eigenvalue weighted by Gasteiger charge is -2.37. The number of hydrogen-bond donors (Lipinski definition) is 1. The van der Waals surface area contributed by atoms with Gasteiger partial charge in [-0.15, -0.1) is 30.6 Å². The van der Waals surface area contributed by atoms with E-state index in [0.29, 0.717) is 0 Å². The summed E-state index contributed by atoms with van der Waals surface area (Å²) in [7, 11) is 2.09. The van der Waals surface area contributed by atoms with Gasteiger partial charge in [0.2, 0.25) is 0 Å². The number of nitrogens with zero attached hydrogens (tertiary/aromatic N) is 2. The third kappa shape index (κ3) is 6.61. The number of allylic oxidation sites excluding steroid dienone is 1. The summed E-state index contributed by atoms with van der Waals surface area (Å²) in [6, 6.07) is 0. The van der Waals surface area contributed by atoms with Gasteiger partial charge in [0.1, 0.15) is 0 Å². The average molecular weight is 381 g/mol. The lowest BCUT2D eigenvalue weighted by Crippen LogP contribution is -2.45. The van der Waals surface area contributed by atoms with Gasteiger partial charge in [-0.25, -0.2) is 0 Å². The van der Waals surface area contributed by atoms with E-state index >= 15 is 0 Å². The van der Waals surface area contributed by atoms with Crippen LogP contribution in [0, 0.1) is 5.41 Å². The maximum Gasteiger partial charge on any atom is 0.193 e. The van der Waals surface area contributed by atoms with Crippen molar-refractivity contribution in [2.24, 2.45) is 10.4 Å². The minimum absolute atomic E-state index is 0. The van der Waals surface area contributed by atoms with Gasteiger partial charge >= 0.3 is 0 Å². The second-order valence-electron chi connectivity index (χ2n) is 5.33. The smallest absolute Gasteiger partial charge is 0.193 e. The first-order valence-corrected chi connectivity index (χ1v) is 6.79. The molecule has 5 heteroatoms. The SMILES string of the molecule is C=CCCCN(C)C(=NCC1(C)COC1)NCC.I. The molecule has 0 aromatic rings. The molecule has 0 aromatic heterocycles. The first kappa shape index (κ1) is 18.7. The van der Waals surface area contributed by atoms with Crippen LogP contribution in [0.15, 0.2) is 17.6 Å². The summed E-state index contributed by atoms with van der Waals surface area (Å²) in [5.74, 6) is 0.995. The zero-order valence-corrected chi connectivity index (χ0v) is 14.8. The Bertz CT molecular complexity index is 290. The fourth-order valence-electron chi connectivity index (χ4n) is 1.86. The largest absolute Gasteiger partial charge is 0.380 e. The number of unbranched alkanes of at least 4 members (excludes halogenated alkanes) is 1. The van der Waals surface area contributed by atoms with Crippen molar-refractivity contribution in [1.82, 2.24) is 10.2 Å². The van der Waals surface area contributed by atoms with Gasteiger partial charge in [-0.1, -0.05) is 13.0 Å². The van der Waals surface area contributed by atoms with E-state index in [1.807, 2.05) is 6.08 Å². The number of nitrogens with one attached hydrogen (secondary N) is 1. The highest BCUT2D eigenvalue weighted by Gasteiger charge is 2.33. The second-order valence-corrected chi connectivity index (χ2v) is 5.33. The summed E-state index contributed by atoms with van der Waals surface area (Å²) in [5, 5.41) is 3.34. The predicted molar refractivity (Wildman–Crippen MR) is 92.4 cm³/mol. The van der Waals surface area contributed by atoms with Crippen molar-refractivity contribution >= 4 is 29.9 Å². The monoisotopic (exact) mass is 381 g/mol. The lowest BCUT2D eigenvalue weighted by molar-refractivity contribution is -0.0945. The van der Waals surface area contributed by atoms with Crippen molar-refractivity contribution in [2.75, 3.05) is 39.9 Å². The minimum atomic E-state index is 0. The van der Waals surface area contributed by atoms with Crippen LogP contribution >= 0.6 is 24.0 Å². The van der Waals surface area contributed by atoms with Crippen LogP contribution in [-0.2, 0) is 4.74 Å². The molecule has 19 heavy (non-hydrogen) atoms. The fraction of sp³-hybridized carbons (Fsp3) is 0.786. The van der Waals surface area contributed by atoms with Gasteiger partial charge in [-0.2, -0.15) is 0 Å². The molecule has 0 radical (unpaired) electrons. The van der Waals surface area contributed by atoms with Crippen LogP contribution in [0.3, 0.4) is 0 Å². The third-order valence-corrected chi connectivity index (χ3v) is 3.11. The van der Waals surface area contributed by atoms with Crippen LogP contribution in [0.1, 0.15) is 26.7 Å². The Morgan fingerprint density at radius 1 is 1.53 bits per heavy atom. The molecule has 0 atom stereocenters. The molecule has 1 fully saturated rings. The molecule has 1 aliphatic rings. The maximum atomic E-state index is 5.26. The van der Waals surface area contributed by atoms with Gasteiger partial charge in [-0.05, 0) is 19.8 Å². The number of guanidine groups is 1. The third-order valence-electron chi connectivity index (χ3n) is 3.11. The van der Waals surface area contributed by atoms with E-state index in [1.54, 1.807) is 0 Å². The van der Waals surface area contributed by atoms with Crippen LogP contribution in [0.2, 0.25) is 0 Å².